The minimum atomic E-state index is -0.376. The number of nitrogens with one attached hydrogen (secondary N) is 1. The van der Waals surface area contributed by atoms with Crippen LogP contribution in [0, 0.1) is 5.92 Å². The van der Waals surface area contributed by atoms with E-state index in [0.717, 1.165) is 39.9 Å². The summed E-state index contributed by atoms with van der Waals surface area (Å²) in [6.07, 6.45) is 4.50. The van der Waals surface area contributed by atoms with E-state index >= 15 is 0 Å². The Labute approximate surface area is 233 Å². The van der Waals surface area contributed by atoms with Crippen LogP contribution >= 0.6 is 39.0 Å². The summed E-state index contributed by atoms with van der Waals surface area (Å²) in [5, 5.41) is 12.6. The second-order valence-corrected chi connectivity index (χ2v) is 11.6. The lowest BCUT2D eigenvalue weighted by Crippen LogP contribution is -2.18. The van der Waals surface area contributed by atoms with Crippen LogP contribution in [0.3, 0.4) is 0 Å². The Hall–Kier alpha value is -2.63. The molecule has 37 heavy (non-hydrogen) atoms. The maximum Gasteiger partial charge on any atom is 0.341 e. The molecule has 1 atom stereocenters. The number of carbonyl (C=O) groups excluding carboxylic acids is 2. The first-order valence-electron chi connectivity index (χ1n) is 12.0. The van der Waals surface area contributed by atoms with Crippen molar-refractivity contribution >= 4 is 55.9 Å². The average molecular weight is 606 g/mol. The van der Waals surface area contributed by atoms with Crippen LogP contribution in [0.4, 0.5) is 5.00 Å². The summed E-state index contributed by atoms with van der Waals surface area (Å²) >= 11 is 6.17. The number of hydrogen-bond acceptors (Lipinski definition) is 8. The first kappa shape index (κ1) is 27.4. The molecule has 1 amide bonds. The molecule has 0 spiro atoms. The number of allylic oxidation sites excluding steroid dienone is 1. The van der Waals surface area contributed by atoms with Crippen LogP contribution in [0.5, 0.6) is 5.75 Å². The van der Waals surface area contributed by atoms with E-state index in [4.69, 9.17) is 9.47 Å². The Bertz CT molecular complexity index is 1270. The van der Waals surface area contributed by atoms with Crippen LogP contribution in [0.15, 0.2) is 46.5 Å². The molecule has 4 rings (SSSR count). The third-order valence-electron chi connectivity index (χ3n) is 5.86. The maximum atomic E-state index is 12.9. The standard InChI is InChI=1S/C26H29BrN4O4S2/c1-4-12-31-21(14-35-18-9-7-17(27)8-10-18)29-30-26(31)36-15-22(32)28-24-23(25(33)34-5-2)19-11-6-16(3)13-20(19)37-24/h4,7-10,16H,1,5-6,11-15H2,2-3H3,(H,28,32). The number of benzene rings is 1. The van der Waals surface area contributed by atoms with Crippen molar-refractivity contribution in [2.45, 2.75) is 51.4 Å². The van der Waals surface area contributed by atoms with Crippen molar-refractivity contribution in [3.05, 3.63) is 63.2 Å². The highest BCUT2D eigenvalue weighted by atomic mass is 79.9. The van der Waals surface area contributed by atoms with E-state index in [2.05, 4.69) is 44.9 Å². The number of hydrogen-bond donors (Lipinski definition) is 1. The number of rotatable bonds is 11. The molecule has 0 bridgehead atoms. The van der Waals surface area contributed by atoms with Crippen molar-refractivity contribution in [3.63, 3.8) is 0 Å². The molecule has 2 heterocycles. The van der Waals surface area contributed by atoms with Gasteiger partial charge in [0.05, 0.1) is 17.9 Å². The number of thioether (sulfide) groups is 1. The van der Waals surface area contributed by atoms with Gasteiger partial charge in [-0.3, -0.25) is 9.36 Å². The normalized spacial score (nSPS) is 14.6. The van der Waals surface area contributed by atoms with Crippen LogP contribution in [-0.2, 0) is 35.5 Å². The molecule has 0 saturated heterocycles. The number of carbonyl (C=O) groups is 2. The molecule has 1 aliphatic carbocycles. The number of nitrogens with zero attached hydrogens (tertiary/aromatic N) is 3. The second-order valence-electron chi connectivity index (χ2n) is 8.65. The van der Waals surface area contributed by atoms with Crippen LogP contribution in [0.25, 0.3) is 0 Å². The molecule has 0 fully saturated rings. The molecule has 1 aliphatic rings. The topological polar surface area (TPSA) is 95.3 Å². The van der Waals surface area contributed by atoms with Gasteiger partial charge in [0.15, 0.2) is 11.0 Å². The minimum Gasteiger partial charge on any atom is -0.486 e. The molecular formula is C26H29BrN4O4S2. The van der Waals surface area contributed by atoms with Gasteiger partial charge >= 0.3 is 5.97 Å². The van der Waals surface area contributed by atoms with E-state index in [1.54, 1.807) is 13.0 Å². The Morgan fingerprint density at radius 2 is 2.11 bits per heavy atom. The number of aromatic nitrogens is 3. The molecule has 8 nitrogen and oxygen atoms in total. The number of halogens is 1. The molecule has 11 heteroatoms. The summed E-state index contributed by atoms with van der Waals surface area (Å²) in [6.45, 7) is 8.82. The Morgan fingerprint density at radius 3 is 2.84 bits per heavy atom. The maximum absolute atomic E-state index is 12.9. The highest BCUT2D eigenvalue weighted by Crippen LogP contribution is 2.40. The number of thiophene rings is 1. The lowest BCUT2D eigenvalue weighted by atomic mass is 9.88. The molecule has 0 saturated carbocycles. The van der Waals surface area contributed by atoms with Gasteiger partial charge in [0.25, 0.3) is 0 Å². The lowest BCUT2D eigenvalue weighted by Gasteiger charge is -2.18. The Kier molecular flexibility index (Phi) is 9.44. The summed E-state index contributed by atoms with van der Waals surface area (Å²) < 4.78 is 14.0. The predicted octanol–water partition coefficient (Wildman–Crippen LogP) is 5.90. The van der Waals surface area contributed by atoms with Gasteiger partial charge in [-0.15, -0.1) is 28.1 Å². The first-order chi connectivity index (χ1) is 17.9. The zero-order valence-electron chi connectivity index (χ0n) is 20.8. The molecule has 0 radical (unpaired) electrons. The highest BCUT2D eigenvalue weighted by Gasteiger charge is 2.29. The Balaban J connectivity index is 1.43. The second kappa shape index (κ2) is 12.7. The number of ether oxygens (including phenoxy) is 2. The van der Waals surface area contributed by atoms with Gasteiger partial charge in [0.1, 0.15) is 17.4 Å². The summed E-state index contributed by atoms with van der Waals surface area (Å²) in [5.41, 5.74) is 1.53. The van der Waals surface area contributed by atoms with Gasteiger partial charge in [-0.05, 0) is 61.9 Å². The summed E-state index contributed by atoms with van der Waals surface area (Å²) in [7, 11) is 0. The molecular weight excluding hydrogens is 576 g/mol. The quantitative estimate of drug-likeness (QED) is 0.165. The number of amides is 1. The number of esters is 1. The number of anilines is 1. The monoisotopic (exact) mass is 604 g/mol. The average Bonchev–Trinajstić information content (AvgIpc) is 3.42. The molecule has 3 aromatic rings. The molecule has 196 valence electrons. The minimum absolute atomic E-state index is 0.115. The zero-order valence-corrected chi connectivity index (χ0v) is 24.0. The van der Waals surface area contributed by atoms with E-state index in [1.807, 2.05) is 28.8 Å². The fourth-order valence-corrected chi connectivity index (χ4v) is 6.52. The van der Waals surface area contributed by atoms with E-state index < -0.39 is 0 Å². The van der Waals surface area contributed by atoms with Gasteiger partial charge in [-0.2, -0.15) is 0 Å². The summed E-state index contributed by atoms with van der Waals surface area (Å²) in [4.78, 5) is 26.8. The lowest BCUT2D eigenvalue weighted by molar-refractivity contribution is -0.113. The zero-order chi connectivity index (χ0) is 26.4. The van der Waals surface area contributed by atoms with Crippen molar-refractivity contribution in [1.82, 2.24) is 14.8 Å². The molecule has 1 N–H and O–H groups in total. The SMILES string of the molecule is C=CCn1c(COc2ccc(Br)cc2)nnc1SCC(=O)Nc1sc2c(c1C(=O)OCC)CCC(C)C2. The molecule has 0 aliphatic heterocycles. The van der Waals surface area contributed by atoms with Crippen LogP contribution in [0.1, 0.15) is 46.9 Å². The summed E-state index contributed by atoms with van der Waals surface area (Å²) in [6, 6.07) is 7.54. The van der Waals surface area contributed by atoms with E-state index in [9.17, 15) is 9.59 Å². The van der Waals surface area contributed by atoms with Gasteiger partial charge in [-0.25, -0.2) is 4.79 Å². The van der Waals surface area contributed by atoms with Crippen molar-refractivity contribution < 1.29 is 19.1 Å². The van der Waals surface area contributed by atoms with Gasteiger partial charge in [0, 0.05) is 15.9 Å². The molecule has 2 aromatic heterocycles. The molecule has 1 unspecified atom stereocenters. The van der Waals surface area contributed by atoms with Gasteiger partial charge in [0.2, 0.25) is 5.91 Å². The van der Waals surface area contributed by atoms with Gasteiger partial charge < -0.3 is 14.8 Å². The van der Waals surface area contributed by atoms with Crippen molar-refractivity contribution in [2.24, 2.45) is 5.92 Å². The van der Waals surface area contributed by atoms with Crippen LogP contribution in [-0.4, -0.2) is 39.0 Å². The molecule has 1 aromatic carbocycles. The third-order valence-corrected chi connectivity index (χ3v) is 8.53. The predicted molar refractivity (Wildman–Crippen MR) is 150 cm³/mol. The highest BCUT2D eigenvalue weighted by molar-refractivity contribution is 9.10. The van der Waals surface area contributed by atoms with E-state index in [-0.39, 0.29) is 30.8 Å². The first-order valence-corrected chi connectivity index (χ1v) is 14.6. The van der Waals surface area contributed by atoms with Crippen molar-refractivity contribution in [1.29, 1.82) is 0 Å². The number of fused-ring (bicyclic) bond motifs is 1. The van der Waals surface area contributed by atoms with Crippen molar-refractivity contribution in [2.75, 3.05) is 17.7 Å². The summed E-state index contributed by atoms with van der Waals surface area (Å²) in [5.74, 6) is 1.43. The van der Waals surface area contributed by atoms with Gasteiger partial charge in [-0.1, -0.05) is 40.7 Å². The largest absolute Gasteiger partial charge is 0.486 e. The Morgan fingerprint density at radius 1 is 1.32 bits per heavy atom. The van der Waals surface area contributed by atoms with Crippen LogP contribution < -0.4 is 10.1 Å². The van der Waals surface area contributed by atoms with E-state index in [1.165, 1.54) is 23.1 Å². The smallest absolute Gasteiger partial charge is 0.341 e. The van der Waals surface area contributed by atoms with Crippen LogP contribution in [0.2, 0.25) is 0 Å². The third kappa shape index (κ3) is 6.82. The fourth-order valence-electron chi connectivity index (χ4n) is 4.07. The van der Waals surface area contributed by atoms with Crippen molar-refractivity contribution in [3.8, 4) is 5.75 Å². The fraction of sp³-hybridized carbons (Fsp3) is 0.385. The van der Waals surface area contributed by atoms with E-state index in [0.29, 0.717) is 34.0 Å².